The van der Waals surface area contributed by atoms with E-state index in [2.05, 4.69) is 10.2 Å². The van der Waals surface area contributed by atoms with Gasteiger partial charge in [0.1, 0.15) is 17.9 Å². The first-order chi connectivity index (χ1) is 11.7. The van der Waals surface area contributed by atoms with Gasteiger partial charge >= 0.3 is 5.69 Å². The lowest BCUT2D eigenvalue weighted by molar-refractivity contribution is -0.385. The maximum Gasteiger partial charge on any atom is 0.309 e. The zero-order valence-electron chi connectivity index (χ0n) is 15.5. The van der Waals surface area contributed by atoms with Crippen molar-refractivity contribution in [2.45, 2.75) is 53.8 Å². The summed E-state index contributed by atoms with van der Waals surface area (Å²) in [4.78, 5) is 24.8. The van der Waals surface area contributed by atoms with Gasteiger partial charge in [0.15, 0.2) is 0 Å². The molecule has 2 rings (SSSR count). The van der Waals surface area contributed by atoms with Gasteiger partial charge in [0, 0.05) is 31.4 Å². The van der Waals surface area contributed by atoms with Crippen molar-refractivity contribution in [2.75, 3.05) is 7.05 Å². The highest BCUT2D eigenvalue weighted by atomic mass is 16.6. The van der Waals surface area contributed by atoms with Gasteiger partial charge in [-0.15, -0.1) is 0 Å². The second kappa shape index (κ2) is 7.04. The molecule has 0 fully saturated rings. The van der Waals surface area contributed by atoms with Crippen LogP contribution in [0.15, 0.2) is 6.20 Å². The highest BCUT2D eigenvalue weighted by Gasteiger charge is 2.26. The number of carbonyl (C=O) groups excluding carboxylic acids is 1. The van der Waals surface area contributed by atoms with Crippen molar-refractivity contribution in [3.8, 4) is 0 Å². The molecule has 136 valence electrons. The Kier molecular flexibility index (Phi) is 5.24. The summed E-state index contributed by atoms with van der Waals surface area (Å²) in [5.74, 6) is -0.163. The first-order valence-corrected chi connectivity index (χ1v) is 8.15. The smallest absolute Gasteiger partial charge is 0.309 e. The summed E-state index contributed by atoms with van der Waals surface area (Å²) in [7, 11) is 1.72. The lowest BCUT2D eigenvalue weighted by atomic mass is 10.1. The number of hydrogen-bond acceptors (Lipinski definition) is 5. The summed E-state index contributed by atoms with van der Waals surface area (Å²) in [6.07, 6.45) is 1.18. The zero-order chi connectivity index (χ0) is 18.9. The fourth-order valence-electron chi connectivity index (χ4n) is 2.99. The normalized spacial score (nSPS) is 12.2. The van der Waals surface area contributed by atoms with Gasteiger partial charge in [-0.2, -0.15) is 10.2 Å². The van der Waals surface area contributed by atoms with Crippen LogP contribution in [-0.2, 0) is 17.9 Å². The van der Waals surface area contributed by atoms with Crippen molar-refractivity contribution in [3.05, 3.63) is 39.0 Å². The summed E-state index contributed by atoms with van der Waals surface area (Å²) in [5, 5.41) is 19.4. The largest absolute Gasteiger partial charge is 0.339 e. The van der Waals surface area contributed by atoms with E-state index in [0.717, 1.165) is 23.5 Å². The van der Waals surface area contributed by atoms with Crippen LogP contribution < -0.4 is 0 Å². The monoisotopic (exact) mass is 348 g/mol. The second-order valence-corrected chi connectivity index (χ2v) is 6.15. The van der Waals surface area contributed by atoms with E-state index in [0.29, 0.717) is 12.2 Å². The van der Waals surface area contributed by atoms with Crippen LogP contribution in [0.4, 0.5) is 5.69 Å². The lowest BCUT2D eigenvalue weighted by Gasteiger charge is -2.22. The molecule has 2 aromatic heterocycles. The van der Waals surface area contributed by atoms with Gasteiger partial charge in [0.05, 0.1) is 10.6 Å². The Morgan fingerprint density at radius 2 is 2.00 bits per heavy atom. The Labute approximate surface area is 146 Å². The van der Waals surface area contributed by atoms with Crippen LogP contribution in [0.2, 0.25) is 0 Å². The summed E-state index contributed by atoms with van der Waals surface area (Å²) >= 11 is 0. The molecule has 1 amide bonds. The predicted octanol–water partition coefficient (Wildman–Crippen LogP) is 2.15. The highest BCUT2D eigenvalue weighted by Crippen LogP contribution is 2.22. The first-order valence-electron chi connectivity index (χ1n) is 8.15. The number of likely N-dealkylation sites (N-methyl/N-ethyl adjacent to an activating group) is 1. The number of aromatic nitrogens is 4. The van der Waals surface area contributed by atoms with Gasteiger partial charge in [-0.25, -0.2) is 0 Å². The summed E-state index contributed by atoms with van der Waals surface area (Å²) in [6.45, 7) is 10.4. The molecule has 0 aliphatic rings. The van der Waals surface area contributed by atoms with Crippen molar-refractivity contribution in [3.63, 3.8) is 0 Å². The fraction of sp³-hybridized carbons (Fsp3) is 0.562. The molecule has 25 heavy (non-hydrogen) atoms. The van der Waals surface area contributed by atoms with Crippen LogP contribution in [0.3, 0.4) is 0 Å². The molecule has 1 atom stereocenters. The topological polar surface area (TPSA) is 99.1 Å². The maximum absolute atomic E-state index is 12.7. The molecule has 2 aromatic rings. The van der Waals surface area contributed by atoms with Crippen LogP contribution in [0, 0.1) is 30.9 Å². The third-order valence-corrected chi connectivity index (χ3v) is 4.54. The van der Waals surface area contributed by atoms with Crippen molar-refractivity contribution < 1.29 is 9.72 Å². The average Bonchev–Trinajstić information content (AvgIpc) is 3.07. The van der Waals surface area contributed by atoms with E-state index < -0.39 is 11.0 Å². The minimum atomic E-state index is -0.625. The van der Waals surface area contributed by atoms with Crippen molar-refractivity contribution in [2.24, 2.45) is 0 Å². The summed E-state index contributed by atoms with van der Waals surface area (Å²) < 4.78 is 3.31. The molecule has 0 radical (unpaired) electrons. The zero-order valence-corrected chi connectivity index (χ0v) is 15.5. The Morgan fingerprint density at radius 1 is 1.36 bits per heavy atom. The van der Waals surface area contributed by atoms with E-state index in [1.807, 2.05) is 25.5 Å². The molecule has 2 heterocycles. The standard InChI is InChI=1S/C16H24N6O3/c1-7-20-11(3)14(10(2)18-20)9-19(6)16(23)13(5)21-12(4)15(8-17-21)22(24)25/h8,13H,7,9H2,1-6H3. The van der Waals surface area contributed by atoms with Crippen molar-refractivity contribution in [1.29, 1.82) is 0 Å². The fourth-order valence-corrected chi connectivity index (χ4v) is 2.99. The molecule has 0 aliphatic heterocycles. The van der Waals surface area contributed by atoms with Crippen molar-refractivity contribution >= 4 is 11.6 Å². The molecule has 9 nitrogen and oxygen atoms in total. The van der Waals surface area contributed by atoms with E-state index in [4.69, 9.17) is 0 Å². The van der Waals surface area contributed by atoms with Gasteiger partial charge in [0.2, 0.25) is 5.91 Å². The molecule has 0 bridgehead atoms. The Bertz CT molecular complexity index is 807. The van der Waals surface area contributed by atoms with Crippen LogP contribution in [0.25, 0.3) is 0 Å². The third kappa shape index (κ3) is 3.40. The van der Waals surface area contributed by atoms with E-state index >= 15 is 0 Å². The van der Waals surface area contributed by atoms with E-state index in [9.17, 15) is 14.9 Å². The quantitative estimate of drug-likeness (QED) is 0.588. The van der Waals surface area contributed by atoms with Crippen LogP contribution >= 0.6 is 0 Å². The number of carbonyl (C=O) groups is 1. The number of hydrogen-bond donors (Lipinski definition) is 0. The molecule has 0 aromatic carbocycles. The molecule has 1 unspecified atom stereocenters. The van der Waals surface area contributed by atoms with Crippen molar-refractivity contribution in [1.82, 2.24) is 24.5 Å². The minimum Gasteiger partial charge on any atom is -0.339 e. The van der Waals surface area contributed by atoms with E-state index in [-0.39, 0.29) is 11.6 Å². The SMILES string of the molecule is CCn1nc(C)c(CN(C)C(=O)C(C)n2ncc([N+](=O)[O-])c2C)c1C. The second-order valence-electron chi connectivity index (χ2n) is 6.15. The molecule has 0 spiro atoms. The average molecular weight is 348 g/mol. The molecular formula is C16H24N6O3. The van der Waals surface area contributed by atoms with Gasteiger partial charge < -0.3 is 4.90 Å². The number of aryl methyl sites for hydroxylation is 2. The van der Waals surface area contributed by atoms with Gasteiger partial charge in [-0.3, -0.25) is 24.3 Å². The van der Waals surface area contributed by atoms with Gasteiger partial charge in [-0.05, 0) is 34.6 Å². The van der Waals surface area contributed by atoms with E-state index in [1.54, 1.807) is 25.8 Å². The van der Waals surface area contributed by atoms with Crippen LogP contribution in [-0.4, -0.2) is 42.3 Å². The van der Waals surface area contributed by atoms with Gasteiger partial charge in [-0.1, -0.05) is 0 Å². The number of nitro groups is 1. The maximum atomic E-state index is 12.7. The van der Waals surface area contributed by atoms with E-state index in [1.165, 1.54) is 10.9 Å². The number of amides is 1. The van der Waals surface area contributed by atoms with Crippen LogP contribution in [0.5, 0.6) is 0 Å². The van der Waals surface area contributed by atoms with Gasteiger partial charge in [0.25, 0.3) is 0 Å². The summed E-state index contributed by atoms with van der Waals surface area (Å²) in [5.41, 5.74) is 3.24. The summed E-state index contributed by atoms with van der Waals surface area (Å²) in [6, 6.07) is -0.625. The number of nitrogens with zero attached hydrogens (tertiary/aromatic N) is 6. The lowest BCUT2D eigenvalue weighted by Crippen LogP contribution is -2.33. The molecule has 0 N–H and O–H groups in total. The molecular weight excluding hydrogens is 324 g/mol. The molecule has 0 saturated carbocycles. The minimum absolute atomic E-state index is 0.0850. The number of rotatable bonds is 6. The first kappa shape index (κ1) is 18.6. The Hall–Kier alpha value is -2.71. The third-order valence-electron chi connectivity index (χ3n) is 4.54. The van der Waals surface area contributed by atoms with Crippen LogP contribution in [0.1, 0.15) is 42.5 Å². The Morgan fingerprint density at radius 3 is 2.48 bits per heavy atom. The highest BCUT2D eigenvalue weighted by molar-refractivity contribution is 5.80. The molecule has 0 aliphatic carbocycles. The molecule has 0 saturated heterocycles. The Balaban J connectivity index is 2.20. The molecule has 9 heteroatoms. The predicted molar refractivity (Wildman–Crippen MR) is 92.2 cm³/mol.